The summed E-state index contributed by atoms with van der Waals surface area (Å²) in [7, 11) is 0. The van der Waals surface area contributed by atoms with Crippen LogP contribution in [0.1, 0.15) is 32.6 Å². The van der Waals surface area contributed by atoms with Crippen LogP contribution >= 0.6 is 11.8 Å². The zero-order chi connectivity index (χ0) is 11.4. The number of hydrogen-bond acceptors (Lipinski definition) is 3. The molecule has 2 aliphatic heterocycles. The minimum Gasteiger partial charge on any atom is -0.375 e. The summed E-state index contributed by atoms with van der Waals surface area (Å²) in [6.07, 6.45) is 4.83. The highest BCUT2D eigenvalue weighted by atomic mass is 32.2. The molecule has 16 heavy (non-hydrogen) atoms. The maximum absolute atomic E-state index is 6.07. The third-order valence-electron chi connectivity index (χ3n) is 3.59. The van der Waals surface area contributed by atoms with Gasteiger partial charge >= 0.3 is 0 Å². The van der Waals surface area contributed by atoms with Crippen molar-refractivity contribution in [3.63, 3.8) is 0 Å². The highest BCUT2D eigenvalue weighted by molar-refractivity contribution is 7.99. The standard InChI is InChI=1S/C13H23NOS/c1-11(2)10-14-12-3-6-15-13(9-12)4-7-16-8-5-13/h12,14H,1,3-10H2,2H3. The zero-order valence-electron chi connectivity index (χ0n) is 10.3. The van der Waals surface area contributed by atoms with Crippen molar-refractivity contribution >= 4 is 11.8 Å². The molecule has 2 fully saturated rings. The lowest BCUT2D eigenvalue weighted by Crippen LogP contribution is -2.49. The summed E-state index contributed by atoms with van der Waals surface area (Å²) in [5, 5.41) is 3.61. The SMILES string of the molecule is C=C(C)CNC1CCOC2(CCSCC2)C1. The van der Waals surface area contributed by atoms with E-state index in [2.05, 4.69) is 30.6 Å². The average molecular weight is 241 g/mol. The van der Waals surface area contributed by atoms with Crippen molar-refractivity contribution < 1.29 is 4.74 Å². The Balaban J connectivity index is 1.85. The fraction of sp³-hybridized carbons (Fsp3) is 0.846. The third kappa shape index (κ3) is 3.25. The second-order valence-electron chi connectivity index (χ2n) is 5.17. The second kappa shape index (κ2) is 5.56. The van der Waals surface area contributed by atoms with Gasteiger partial charge < -0.3 is 10.1 Å². The first-order chi connectivity index (χ1) is 7.70. The molecule has 1 spiro atoms. The molecule has 0 bridgehead atoms. The Bertz CT molecular complexity index is 243. The summed E-state index contributed by atoms with van der Waals surface area (Å²) in [6, 6.07) is 0.633. The predicted molar refractivity (Wildman–Crippen MR) is 71.1 cm³/mol. The first kappa shape index (κ1) is 12.5. The summed E-state index contributed by atoms with van der Waals surface area (Å²) in [4.78, 5) is 0. The number of thioether (sulfide) groups is 1. The molecule has 0 aromatic carbocycles. The summed E-state index contributed by atoms with van der Waals surface area (Å²) in [5.41, 5.74) is 1.43. The largest absolute Gasteiger partial charge is 0.375 e. The Morgan fingerprint density at radius 3 is 2.94 bits per heavy atom. The molecule has 2 rings (SSSR count). The van der Waals surface area contributed by atoms with E-state index in [0.29, 0.717) is 6.04 Å². The van der Waals surface area contributed by atoms with Gasteiger partial charge in [0.15, 0.2) is 0 Å². The van der Waals surface area contributed by atoms with E-state index in [9.17, 15) is 0 Å². The highest BCUT2D eigenvalue weighted by Gasteiger charge is 2.38. The minimum absolute atomic E-state index is 0.205. The van der Waals surface area contributed by atoms with Gasteiger partial charge in [-0.05, 0) is 44.1 Å². The summed E-state index contributed by atoms with van der Waals surface area (Å²) in [5.74, 6) is 2.54. The van der Waals surface area contributed by atoms with Crippen LogP contribution in [0.3, 0.4) is 0 Å². The van der Waals surface area contributed by atoms with Crippen LogP contribution in [0.5, 0.6) is 0 Å². The van der Waals surface area contributed by atoms with E-state index in [1.54, 1.807) is 0 Å². The zero-order valence-corrected chi connectivity index (χ0v) is 11.1. The first-order valence-corrected chi connectivity index (χ1v) is 7.45. The molecule has 1 atom stereocenters. The van der Waals surface area contributed by atoms with E-state index in [4.69, 9.17) is 4.74 Å². The average Bonchev–Trinajstić information content (AvgIpc) is 2.28. The van der Waals surface area contributed by atoms with Gasteiger partial charge in [0.1, 0.15) is 0 Å². The molecule has 2 aliphatic rings. The molecule has 0 amide bonds. The van der Waals surface area contributed by atoms with Crippen LogP contribution in [-0.4, -0.2) is 36.3 Å². The molecule has 92 valence electrons. The van der Waals surface area contributed by atoms with Gasteiger partial charge in [0.25, 0.3) is 0 Å². The maximum Gasteiger partial charge on any atom is 0.0713 e. The molecule has 0 aliphatic carbocycles. The van der Waals surface area contributed by atoms with Crippen molar-refractivity contribution in [2.24, 2.45) is 0 Å². The second-order valence-corrected chi connectivity index (χ2v) is 6.40. The normalized spacial score (nSPS) is 29.2. The van der Waals surface area contributed by atoms with Crippen molar-refractivity contribution in [3.05, 3.63) is 12.2 Å². The molecule has 2 heterocycles. The predicted octanol–water partition coefficient (Wildman–Crippen LogP) is 2.60. The van der Waals surface area contributed by atoms with Gasteiger partial charge in [-0.2, -0.15) is 11.8 Å². The lowest BCUT2D eigenvalue weighted by atomic mass is 9.85. The maximum atomic E-state index is 6.07. The summed E-state index contributed by atoms with van der Waals surface area (Å²) >= 11 is 2.07. The molecular formula is C13H23NOS. The van der Waals surface area contributed by atoms with E-state index < -0.39 is 0 Å². The van der Waals surface area contributed by atoms with Crippen LogP contribution in [0.25, 0.3) is 0 Å². The van der Waals surface area contributed by atoms with Crippen molar-refractivity contribution in [2.45, 2.75) is 44.2 Å². The molecule has 3 heteroatoms. The number of ether oxygens (including phenoxy) is 1. The van der Waals surface area contributed by atoms with Gasteiger partial charge in [0, 0.05) is 19.2 Å². The van der Waals surface area contributed by atoms with E-state index in [1.807, 2.05) is 0 Å². The van der Waals surface area contributed by atoms with Gasteiger partial charge in [-0.3, -0.25) is 0 Å². The van der Waals surface area contributed by atoms with E-state index >= 15 is 0 Å². The molecule has 0 radical (unpaired) electrons. The van der Waals surface area contributed by atoms with Crippen molar-refractivity contribution in [1.82, 2.24) is 5.32 Å². The van der Waals surface area contributed by atoms with Crippen LogP contribution < -0.4 is 5.32 Å². The molecule has 1 N–H and O–H groups in total. The molecule has 2 saturated heterocycles. The number of rotatable bonds is 3. The third-order valence-corrected chi connectivity index (χ3v) is 4.58. The fourth-order valence-corrected chi connectivity index (χ4v) is 3.85. The van der Waals surface area contributed by atoms with Crippen molar-refractivity contribution in [3.8, 4) is 0 Å². The summed E-state index contributed by atoms with van der Waals surface area (Å²) < 4.78 is 6.07. The minimum atomic E-state index is 0.205. The van der Waals surface area contributed by atoms with Crippen molar-refractivity contribution in [1.29, 1.82) is 0 Å². The molecule has 0 aromatic heterocycles. The first-order valence-electron chi connectivity index (χ1n) is 6.30. The quantitative estimate of drug-likeness (QED) is 0.767. The topological polar surface area (TPSA) is 21.3 Å². The molecular weight excluding hydrogens is 218 g/mol. The van der Waals surface area contributed by atoms with E-state index in [1.165, 1.54) is 36.3 Å². The fourth-order valence-electron chi connectivity index (χ4n) is 2.61. The number of hydrogen-bond donors (Lipinski definition) is 1. The number of nitrogens with one attached hydrogen (secondary N) is 1. The molecule has 0 aromatic rings. The molecule has 2 nitrogen and oxygen atoms in total. The van der Waals surface area contributed by atoms with Gasteiger partial charge in [0.05, 0.1) is 5.60 Å². The van der Waals surface area contributed by atoms with Crippen LogP contribution in [0, 0.1) is 0 Å². The Hall–Kier alpha value is 0.0100. The van der Waals surface area contributed by atoms with Gasteiger partial charge in [-0.25, -0.2) is 0 Å². The van der Waals surface area contributed by atoms with E-state index in [0.717, 1.165) is 19.6 Å². The van der Waals surface area contributed by atoms with Gasteiger partial charge in [0.2, 0.25) is 0 Å². The summed E-state index contributed by atoms with van der Waals surface area (Å²) in [6.45, 7) is 7.91. The Kier molecular flexibility index (Phi) is 4.34. The van der Waals surface area contributed by atoms with Crippen LogP contribution in [-0.2, 0) is 4.74 Å². The highest BCUT2D eigenvalue weighted by Crippen LogP contribution is 2.37. The van der Waals surface area contributed by atoms with Crippen molar-refractivity contribution in [2.75, 3.05) is 24.7 Å². The smallest absolute Gasteiger partial charge is 0.0713 e. The van der Waals surface area contributed by atoms with Gasteiger partial charge in [-0.15, -0.1) is 0 Å². The van der Waals surface area contributed by atoms with Crippen LogP contribution in [0.2, 0.25) is 0 Å². The Morgan fingerprint density at radius 2 is 2.25 bits per heavy atom. The molecule has 1 unspecified atom stereocenters. The lowest BCUT2D eigenvalue weighted by molar-refractivity contribution is -0.0928. The Morgan fingerprint density at radius 1 is 1.50 bits per heavy atom. The lowest BCUT2D eigenvalue weighted by Gasteiger charge is -2.43. The van der Waals surface area contributed by atoms with Crippen LogP contribution in [0.4, 0.5) is 0 Å². The van der Waals surface area contributed by atoms with Gasteiger partial charge in [-0.1, -0.05) is 12.2 Å². The molecule has 0 saturated carbocycles. The van der Waals surface area contributed by atoms with E-state index in [-0.39, 0.29) is 5.60 Å². The Labute approximate surface area is 103 Å². The monoisotopic (exact) mass is 241 g/mol. The van der Waals surface area contributed by atoms with Crippen LogP contribution in [0.15, 0.2) is 12.2 Å².